The Hall–Kier alpha value is -0.830. The van der Waals surface area contributed by atoms with E-state index in [4.69, 9.17) is 0 Å². The first-order valence-corrected chi connectivity index (χ1v) is 8.63. The second kappa shape index (κ2) is 6.30. The molecule has 2 fully saturated rings. The van der Waals surface area contributed by atoms with Crippen molar-refractivity contribution in [3.05, 3.63) is 34.3 Å². The maximum atomic E-state index is 12.9. The quantitative estimate of drug-likeness (QED) is 0.778. The van der Waals surface area contributed by atoms with Gasteiger partial charge in [-0.05, 0) is 49.9 Å². The van der Waals surface area contributed by atoms with Crippen LogP contribution in [0.3, 0.4) is 0 Å². The number of carbonyl (C=O) groups excluding carboxylic acids is 1. The van der Waals surface area contributed by atoms with E-state index < -0.39 is 0 Å². The first-order chi connectivity index (χ1) is 9.75. The van der Waals surface area contributed by atoms with Crippen molar-refractivity contribution in [2.24, 2.45) is 0 Å². The SMILES string of the molecule is O=C(c1ccc(Br)cc1)N(C1CCCC1)C1CCCC1. The van der Waals surface area contributed by atoms with Gasteiger partial charge >= 0.3 is 0 Å². The Bertz CT molecular complexity index is 442. The normalized spacial score (nSPS) is 20.4. The summed E-state index contributed by atoms with van der Waals surface area (Å²) in [6.07, 6.45) is 9.89. The molecule has 0 bridgehead atoms. The van der Waals surface area contributed by atoms with E-state index in [0.717, 1.165) is 10.0 Å². The zero-order valence-corrected chi connectivity index (χ0v) is 13.4. The zero-order valence-electron chi connectivity index (χ0n) is 11.9. The predicted octanol–water partition coefficient (Wildman–Crippen LogP) is 4.78. The highest BCUT2D eigenvalue weighted by atomic mass is 79.9. The van der Waals surface area contributed by atoms with E-state index in [1.165, 1.54) is 51.4 Å². The Kier molecular flexibility index (Phi) is 4.45. The number of hydrogen-bond donors (Lipinski definition) is 0. The lowest BCUT2D eigenvalue weighted by Crippen LogP contribution is -2.45. The van der Waals surface area contributed by atoms with Gasteiger partial charge in [0, 0.05) is 22.1 Å². The van der Waals surface area contributed by atoms with Crippen LogP contribution in [0.2, 0.25) is 0 Å². The highest BCUT2D eigenvalue weighted by Gasteiger charge is 2.34. The smallest absolute Gasteiger partial charge is 0.254 e. The Morgan fingerprint density at radius 2 is 1.35 bits per heavy atom. The highest BCUT2D eigenvalue weighted by Crippen LogP contribution is 2.32. The largest absolute Gasteiger partial charge is 0.333 e. The van der Waals surface area contributed by atoms with Gasteiger partial charge in [0.25, 0.3) is 5.91 Å². The van der Waals surface area contributed by atoms with Gasteiger partial charge in [-0.15, -0.1) is 0 Å². The fourth-order valence-electron chi connectivity index (χ4n) is 3.74. The third-order valence-electron chi connectivity index (χ3n) is 4.76. The van der Waals surface area contributed by atoms with Gasteiger partial charge in [0.2, 0.25) is 0 Å². The second-order valence-electron chi connectivity index (χ2n) is 6.10. The maximum Gasteiger partial charge on any atom is 0.254 e. The lowest BCUT2D eigenvalue weighted by atomic mass is 10.1. The molecule has 0 atom stereocenters. The Balaban J connectivity index is 1.83. The van der Waals surface area contributed by atoms with E-state index in [1.807, 2.05) is 24.3 Å². The molecule has 1 amide bonds. The van der Waals surface area contributed by atoms with Crippen molar-refractivity contribution >= 4 is 21.8 Å². The number of halogens is 1. The molecule has 0 heterocycles. The van der Waals surface area contributed by atoms with E-state index in [2.05, 4.69) is 20.8 Å². The van der Waals surface area contributed by atoms with Crippen LogP contribution in [0, 0.1) is 0 Å². The van der Waals surface area contributed by atoms with Crippen molar-refractivity contribution in [1.82, 2.24) is 4.90 Å². The number of benzene rings is 1. The minimum absolute atomic E-state index is 0.247. The summed E-state index contributed by atoms with van der Waals surface area (Å²) in [5, 5.41) is 0. The van der Waals surface area contributed by atoms with E-state index in [1.54, 1.807) is 0 Å². The number of carbonyl (C=O) groups is 1. The molecule has 3 heteroatoms. The summed E-state index contributed by atoms with van der Waals surface area (Å²) in [6, 6.07) is 8.79. The zero-order chi connectivity index (χ0) is 13.9. The van der Waals surface area contributed by atoms with Crippen molar-refractivity contribution in [3.63, 3.8) is 0 Å². The summed E-state index contributed by atoms with van der Waals surface area (Å²) in [4.78, 5) is 15.2. The third kappa shape index (κ3) is 2.93. The van der Waals surface area contributed by atoms with Crippen molar-refractivity contribution in [2.45, 2.75) is 63.5 Å². The summed E-state index contributed by atoms with van der Waals surface area (Å²) in [7, 11) is 0. The Labute approximate surface area is 129 Å². The van der Waals surface area contributed by atoms with Crippen LogP contribution in [0.25, 0.3) is 0 Å². The van der Waals surface area contributed by atoms with Crippen LogP contribution in [0.15, 0.2) is 28.7 Å². The fourth-order valence-corrected chi connectivity index (χ4v) is 4.00. The first kappa shape index (κ1) is 14.1. The third-order valence-corrected chi connectivity index (χ3v) is 5.29. The molecular formula is C17H22BrNO. The fraction of sp³-hybridized carbons (Fsp3) is 0.588. The van der Waals surface area contributed by atoms with Crippen molar-refractivity contribution in [3.8, 4) is 0 Å². The average molecular weight is 336 g/mol. The van der Waals surface area contributed by atoms with E-state index in [9.17, 15) is 4.79 Å². The van der Waals surface area contributed by atoms with E-state index in [-0.39, 0.29) is 5.91 Å². The molecule has 2 aliphatic carbocycles. The maximum absolute atomic E-state index is 12.9. The summed E-state index contributed by atoms with van der Waals surface area (Å²) in [6.45, 7) is 0. The second-order valence-corrected chi connectivity index (χ2v) is 7.01. The molecule has 0 saturated heterocycles. The van der Waals surface area contributed by atoms with Crippen LogP contribution in [0.4, 0.5) is 0 Å². The average Bonchev–Trinajstić information content (AvgIpc) is 3.13. The van der Waals surface area contributed by atoms with Crippen molar-refractivity contribution in [1.29, 1.82) is 0 Å². The number of nitrogens with zero attached hydrogens (tertiary/aromatic N) is 1. The van der Waals surface area contributed by atoms with Gasteiger partial charge < -0.3 is 4.90 Å². The molecule has 0 spiro atoms. The van der Waals surface area contributed by atoms with Crippen LogP contribution in [-0.2, 0) is 0 Å². The minimum atomic E-state index is 0.247. The summed E-state index contributed by atoms with van der Waals surface area (Å²) in [5.74, 6) is 0.247. The molecule has 0 aromatic heterocycles. The molecule has 0 aliphatic heterocycles. The minimum Gasteiger partial charge on any atom is -0.333 e. The van der Waals surface area contributed by atoms with Gasteiger partial charge in [-0.2, -0.15) is 0 Å². The molecule has 0 N–H and O–H groups in total. The number of hydrogen-bond acceptors (Lipinski definition) is 1. The molecule has 2 saturated carbocycles. The molecule has 3 rings (SSSR count). The topological polar surface area (TPSA) is 20.3 Å². The molecule has 2 nitrogen and oxygen atoms in total. The predicted molar refractivity (Wildman–Crippen MR) is 84.8 cm³/mol. The standard InChI is InChI=1S/C17H22BrNO/c18-14-11-9-13(10-12-14)17(20)19(15-5-1-2-6-15)16-7-3-4-8-16/h9-12,15-16H,1-8H2. The van der Waals surface area contributed by atoms with Crippen molar-refractivity contribution < 1.29 is 4.79 Å². The lowest BCUT2D eigenvalue weighted by molar-refractivity contribution is 0.0580. The van der Waals surface area contributed by atoms with Gasteiger partial charge in [0.1, 0.15) is 0 Å². The lowest BCUT2D eigenvalue weighted by Gasteiger charge is -2.34. The molecule has 108 valence electrons. The number of rotatable bonds is 3. The highest BCUT2D eigenvalue weighted by molar-refractivity contribution is 9.10. The molecule has 2 aliphatic rings. The number of amides is 1. The van der Waals surface area contributed by atoms with Crippen LogP contribution in [0.1, 0.15) is 61.7 Å². The Morgan fingerprint density at radius 3 is 1.80 bits per heavy atom. The van der Waals surface area contributed by atoms with Gasteiger partial charge in [0.05, 0.1) is 0 Å². The summed E-state index contributed by atoms with van der Waals surface area (Å²) < 4.78 is 1.03. The summed E-state index contributed by atoms with van der Waals surface area (Å²) >= 11 is 3.44. The van der Waals surface area contributed by atoms with Gasteiger partial charge in [-0.3, -0.25) is 4.79 Å². The molecular weight excluding hydrogens is 314 g/mol. The first-order valence-electron chi connectivity index (χ1n) is 7.84. The molecule has 1 aromatic rings. The molecule has 20 heavy (non-hydrogen) atoms. The van der Waals surface area contributed by atoms with Crippen LogP contribution < -0.4 is 0 Å². The molecule has 0 unspecified atom stereocenters. The van der Waals surface area contributed by atoms with Crippen LogP contribution >= 0.6 is 15.9 Å². The molecule has 1 aromatic carbocycles. The van der Waals surface area contributed by atoms with Gasteiger partial charge in [0.15, 0.2) is 0 Å². The van der Waals surface area contributed by atoms with Crippen LogP contribution in [-0.4, -0.2) is 22.9 Å². The van der Waals surface area contributed by atoms with E-state index >= 15 is 0 Å². The summed E-state index contributed by atoms with van der Waals surface area (Å²) in [5.41, 5.74) is 0.840. The van der Waals surface area contributed by atoms with E-state index in [0.29, 0.717) is 12.1 Å². The molecule has 0 radical (unpaired) electrons. The van der Waals surface area contributed by atoms with Crippen molar-refractivity contribution in [2.75, 3.05) is 0 Å². The van der Waals surface area contributed by atoms with Crippen LogP contribution in [0.5, 0.6) is 0 Å². The Morgan fingerprint density at radius 1 is 0.900 bits per heavy atom. The monoisotopic (exact) mass is 335 g/mol. The van der Waals surface area contributed by atoms with Gasteiger partial charge in [-0.1, -0.05) is 41.6 Å². The van der Waals surface area contributed by atoms with Gasteiger partial charge in [-0.25, -0.2) is 0 Å².